The van der Waals surface area contributed by atoms with Gasteiger partial charge >= 0.3 is 12.1 Å². The second kappa shape index (κ2) is 6.12. The van der Waals surface area contributed by atoms with E-state index >= 15 is 0 Å². The molecule has 22 heavy (non-hydrogen) atoms. The Morgan fingerprint density at radius 1 is 1.36 bits per heavy atom. The van der Waals surface area contributed by atoms with Crippen molar-refractivity contribution >= 4 is 34.1 Å². The molecule has 0 saturated carbocycles. The standard InChI is InChI=1S/C16H18BrNO4/c1-16(2,3)22-15(21)18-13(14(19)20)11-7-5-9-4-6-10(17)8-12(9)11/h4-8,11,13H,1-3H3,(H,18,21)(H,19,20)/t11-,13+/m1/s1. The van der Waals surface area contributed by atoms with Gasteiger partial charge in [0.1, 0.15) is 11.6 Å². The highest BCUT2D eigenvalue weighted by Gasteiger charge is 2.34. The Morgan fingerprint density at radius 2 is 2.05 bits per heavy atom. The fourth-order valence-electron chi connectivity index (χ4n) is 2.33. The summed E-state index contributed by atoms with van der Waals surface area (Å²) in [5.74, 6) is -1.54. The van der Waals surface area contributed by atoms with Crippen molar-refractivity contribution in [3.63, 3.8) is 0 Å². The monoisotopic (exact) mass is 367 g/mol. The van der Waals surface area contributed by atoms with Gasteiger partial charge in [0.15, 0.2) is 0 Å². The lowest BCUT2D eigenvalue weighted by molar-refractivity contribution is -0.139. The van der Waals surface area contributed by atoms with Crippen LogP contribution in [-0.2, 0) is 9.53 Å². The molecule has 0 aromatic heterocycles. The number of carboxylic acids is 1. The molecule has 0 fully saturated rings. The average Bonchev–Trinajstić information content (AvgIpc) is 2.76. The number of aliphatic carboxylic acids is 1. The molecule has 0 bridgehead atoms. The molecule has 1 aromatic rings. The van der Waals surface area contributed by atoms with E-state index in [1.165, 1.54) is 0 Å². The summed E-state index contributed by atoms with van der Waals surface area (Å²) >= 11 is 3.38. The van der Waals surface area contributed by atoms with Crippen molar-refractivity contribution in [2.75, 3.05) is 0 Å². The molecule has 118 valence electrons. The van der Waals surface area contributed by atoms with Crippen LogP contribution in [0.5, 0.6) is 0 Å². The fourth-order valence-corrected chi connectivity index (χ4v) is 2.71. The number of alkyl carbamates (subject to hydrolysis) is 1. The zero-order chi connectivity index (χ0) is 16.5. The van der Waals surface area contributed by atoms with Gasteiger partial charge in [-0.25, -0.2) is 9.59 Å². The number of carboxylic acid groups (broad SMARTS) is 1. The van der Waals surface area contributed by atoms with Crippen LogP contribution in [0.15, 0.2) is 28.7 Å². The van der Waals surface area contributed by atoms with Gasteiger partial charge in [0.25, 0.3) is 0 Å². The Hall–Kier alpha value is -1.82. The fraction of sp³-hybridized carbons (Fsp3) is 0.375. The van der Waals surface area contributed by atoms with Crippen molar-refractivity contribution in [1.29, 1.82) is 0 Å². The summed E-state index contributed by atoms with van der Waals surface area (Å²) in [6.07, 6.45) is 2.91. The van der Waals surface area contributed by atoms with Gasteiger partial charge in [-0.3, -0.25) is 0 Å². The van der Waals surface area contributed by atoms with E-state index in [-0.39, 0.29) is 0 Å². The number of halogens is 1. The average molecular weight is 368 g/mol. The van der Waals surface area contributed by atoms with E-state index in [4.69, 9.17) is 4.74 Å². The molecule has 1 aliphatic carbocycles. The highest BCUT2D eigenvalue weighted by atomic mass is 79.9. The van der Waals surface area contributed by atoms with Gasteiger partial charge in [0.05, 0.1) is 0 Å². The minimum atomic E-state index is -1.10. The molecule has 2 N–H and O–H groups in total. The van der Waals surface area contributed by atoms with Crippen molar-refractivity contribution in [2.24, 2.45) is 0 Å². The summed E-state index contributed by atoms with van der Waals surface area (Å²) in [7, 11) is 0. The van der Waals surface area contributed by atoms with E-state index in [0.29, 0.717) is 0 Å². The molecular weight excluding hydrogens is 350 g/mol. The van der Waals surface area contributed by atoms with Gasteiger partial charge in [0.2, 0.25) is 0 Å². The van der Waals surface area contributed by atoms with Gasteiger partial charge in [-0.1, -0.05) is 34.1 Å². The lowest BCUT2D eigenvalue weighted by atomic mass is 9.93. The Labute approximate surface area is 137 Å². The number of hydrogen-bond donors (Lipinski definition) is 2. The van der Waals surface area contributed by atoms with Gasteiger partial charge < -0.3 is 15.2 Å². The minimum Gasteiger partial charge on any atom is -0.480 e. The number of benzene rings is 1. The van der Waals surface area contributed by atoms with E-state index < -0.39 is 29.6 Å². The molecule has 0 unspecified atom stereocenters. The van der Waals surface area contributed by atoms with E-state index in [1.807, 2.05) is 24.3 Å². The summed E-state index contributed by atoms with van der Waals surface area (Å²) in [5.41, 5.74) is 1.13. The van der Waals surface area contributed by atoms with Gasteiger partial charge in [0, 0.05) is 10.4 Å². The Kier molecular flexibility index (Phi) is 4.60. The third kappa shape index (κ3) is 3.88. The third-order valence-corrected chi connectivity index (χ3v) is 3.68. The lowest BCUT2D eigenvalue weighted by Crippen LogP contribution is -2.46. The smallest absolute Gasteiger partial charge is 0.408 e. The maximum Gasteiger partial charge on any atom is 0.408 e. The third-order valence-electron chi connectivity index (χ3n) is 3.19. The number of amides is 1. The van der Waals surface area contributed by atoms with E-state index in [9.17, 15) is 14.7 Å². The maximum atomic E-state index is 11.9. The van der Waals surface area contributed by atoms with Crippen molar-refractivity contribution < 1.29 is 19.4 Å². The molecule has 2 atom stereocenters. The van der Waals surface area contributed by atoms with Gasteiger partial charge in [-0.2, -0.15) is 0 Å². The molecule has 1 aliphatic rings. The first-order chi connectivity index (χ1) is 10.2. The highest BCUT2D eigenvalue weighted by Crippen LogP contribution is 2.34. The van der Waals surface area contributed by atoms with Crippen LogP contribution in [-0.4, -0.2) is 28.8 Å². The molecule has 0 spiro atoms. The molecule has 0 radical (unpaired) electrons. The second-order valence-electron chi connectivity index (χ2n) is 6.12. The molecule has 1 aromatic carbocycles. The predicted octanol–water partition coefficient (Wildman–Crippen LogP) is 3.54. The zero-order valence-electron chi connectivity index (χ0n) is 12.6. The van der Waals surface area contributed by atoms with Gasteiger partial charge in [-0.15, -0.1) is 0 Å². The number of fused-ring (bicyclic) bond motifs is 1. The summed E-state index contributed by atoms with van der Waals surface area (Å²) in [4.78, 5) is 23.4. The number of hydrogen-bond acceptors (Lipinski definition) is 3. The molecule has 6 heteroatoms. The first-order valence-electron chi connectivity index (χ1n) is 6.87. The highest BCUT2D eigenvalue weighted by molar-refractivity contribution is 9.10. The van der Waals surface area contributed by atoms with Crippen molar-refractivity contribution in [1.82, 2.24) is 5.32 Å². The first-order valence-corrected chi connectivity index (χ1v) is 7.66. The molecule has 0 heterocycles. The number of nitrogens with one attached hydrogen (secondary N) is 1. The van der Waals surface area contributed by atoms with E-state index in [0.717, 1.165) is 15.6 Å². The van der Waals surface area contributed by atoms with Gasteiger partial charge in [-0.05, 0) is 44.0 Å². The van der Waals surface area contributed by atoms with Crippen LogP contribution in [0.3, 0.4) is 0 Å². The quantitative estimate of drug-likeness (QED) is 0.856. The van der Waals surface area contributed by atoms with Crippen LogP contribution in [0.25, 0.3) is 6.08 Å². The normalized spacial score (nSPS) is 17.7. The summed E-state index contributed by atoms with van der Waals surface area (Å²) < 4.78 is 6.01. The first kappa shape index (κ1) is 16.5. The number of ether oxygens (including phenoxy) is 1. The molecule has 0 saturated heterocycles. The largest absolute Gasteiger partial charge is 0.480 e. The molecule has 1 amide bonds. The Balaban J connectivity index is 2.21. The van der Waals surface area contributed by atoms with Crippen LogP contribution < -0.4 is 5.32 Å². The van der Waals surface area contributed by atoms with E-state index in [2.05, 4.69) is 21.2 Å². The zero-order valence-corrected chi connectivity index (χ0v) is 14.2. The summed E-state index contributed by atoms with van der Waals surface area (Å²) in [6, 6.07) is 4.58. The summed E-state index contributed by atoms with van der Waals surface area (Å²) in [5, 5.41) is 11.9. The Morgan fingerprint density at radius 3 is 2.64 bits per heavy atom. The van der Waals surface area contributed by atoms with Crippen LogP contribution in [0.1, 0.15) is 37.8 Å². The SMILES string of the molecule is CC(C)(C)OC(=O)N[C@H](C(=O)O)[C@@H]1C=Cc2ccc(Br)cc21. The molecule has 2 rings (SSSR count). The number of rotatable bonds is 3. The number of carbonyl (C=O) groups excluding carboxylic acids is 1. The lowest BCUT2D eigenvalue weighted by Gasteiger charge is -2.24. The maximum absolute atomic E-state index is 11.9. The predicted molar refractivity (Wildman–Crippen MR) is 86.7 cm³/mol. The topological polar surface area (TPSA) is 75.6 Å². The molecule has 5 nitrogen and oxygen atoms in total. The Bertz CT molecular complexity index is 634. The van der Waals surface area contributed by atoms with Crippen molar-refractivity contribution in [2.45, 2.75) is 38.3 Å². The van der Waals surface area contributed by atoms with Crippen molar-refractivity contribution in [3.8, 4) is 0 Å². The van der Waals surface area contributed by atoms with Crippen molar-refractivity contribution in [3.05, 3.63) is 39.9 Å². The summed E-state index contributed by atoms with van der Waals surface area (Å²) in [6.45, 7) is 5.18. The van der Waals surface area contributed by atoms with Crippen LogP contribution in [0.4, 0.5) is 4.79 Å². The minimum absolute atomic E-state index is 0.433. The second-order valence-corrected chi connectivity index (χ2v) is 7.04. The molecular formula is C16H18BrNO4. The van der Waals surface area contributed by atoms with E-state index in [1.54, 1.807) is 26.8 Å². The van der Waals surface area contributed by atoms with Crippen LogP contribution in [0, 0.1) is 0 Å². The molecule has 0 aliphatic heterocycles. The number of carbonyl (C=O) groups is 2. The van der Waals surface area contributed by atoms with Crippen LogP contribution in [0.2, 0.25) is 0 Å². The van der Waals surface area contributed by atoms with Crippen LogP contribution >= 0.6 is 15.9 Å².